The third-order valence-corrected chi connectivity index (χ3v) is 4.73. The monoisotopic (exact) mass is 259 g/mol. The van der Waals surface area contributed by atoms with Gasteiger partial charge in [0, 0.05) is 44.0 Å². The van der Waals surface area contributed by atoms with Crippen LogP contribution in [0, 0.1) is 0 Å². The highest BCUT2D eigenvalue weighted by Crippen LogP contribution is 2.37. The lowest BCUT2D eigenvalue weighted by Crippen LogP contribution is -2.49. The number of hydrogen-bond donors (Lipinski definition) is 1. The van der Waals surface area contributed by atoms with Gasteiger partial charge in [0.05, 0.1) is 0 Å². The number of nitrogens with zero attached hydrogens (tertiary/aromatic N) is 2. The van der Waals surface area contributed by atoms with E-state index in [1.165, 1.54) is 50.1 Å². The molecule has 2 N–H and O–H groups in total. The van der Waals surface area contributed by atoms with Crippen LogP contribution in [0.1, 0.15) is 37.4 Å². The van der Waals surface area contributed by atoms with Gasteiger partial charge in [0.2, 0.25) is 0 Å². The SMILES string of the molecule is CC(C)N1CCN(C2CCc3cc(N)ccc32)CC1. The summed E-state index contributed by atoms with van der Waals surface area (Å²) in [6.45, 7) is 9.41. The summed E-state index contributed by atoms with van der Waals surface area (Å²) < 4.78 is 0. The fourth-order valence-corrected chi connectivity index (χ4v) is 3.56. The van der Waals surface area contributed by atoms with Gasteiger partial charge in [-0.15, -0.1) is 0 Å². The molecule has 1 aliphatic carbocycles. The molecule has 0 saturated carbocycles. The van der Waals surface area contributed by atoms with E-state index in [2.05, 4.69) is 41.8 Å². The van der Waals surface area contributed by atoms with Crippen molar-refractivity contribution in [3.8, 4) is 0 Å². The van der Waals surface area contributed by atoms with Gasteiger partial charge in [0.25, 0.3) is 0 Å². The van der Waals surface area contributed by atoms with Crippen molar-refractivity contribution in [2.75, 3.05) is 31.9 Å². The molecule has 1 atom stereocenters. The van der Waals surface area contributed by atoms with Crippen LogP contribution in [0.4, 0.5) is 5.69 Å². The Morgan fingerprint density at radius 3 is 2.58 bits per heavy atom. The highest BCUT2D eigenvalue weighted by atomic mass is 15.3. The lowest BCUT2D eigenvalue weighted by atomic mass is 10.1. The number of rotatable bonds is 2. The number of nitrogens with two attached hydrogens (primary N) is 1. The largest absolute Gasteiger partial charge is 0.399 e. The predicted molar refractivity (Wildman–Crippen MR) is 80.2 cm³/mol. The van der Waals surface area contributed by atoms with E-state index in [-0.39, 0.29) is 0 Å². The molecule has 1 fully saturated rings. The first kappa shape index (κ1) is 12.9. The molecule has 0 bridgehead atoms. The van der Waals surface area contributed by atoms with Gasteiger partial charge in [-0.05, 0) is 49.9 Å². The highest BCUT2D eigenvalue weighted by molar-refractivity contribution is 5.47. The van der Waals surface area contributed by atoms with Crippen LogP contribution < -0.4 is 5.73 Å². The third kappa shape index (κ3) is 2.49. The fraction of sp³-hybridized carbons (Fsp3) is 0.625. The summed E-state index contributed by atoms with van der Waals surface area (Å²) in [7, 11) is 0. The van der Waals surface area contributed by atoms with Crippen molar-refractivity contribution in [2.24, 2.45) is 0 Å². The maximum Gasteiger partial charge on any atom is 0.0355 e. The molecule has 3 rings (SSSR count). The molecule has 1 aromatic rings. The van der Waals surface area contributed by atoms with Gasteiger partial charge in [-0.2, -0.15) is 0 Å². The minimum Gasteiger partial charge on any atom is -0.399 e. The molecule has 0 radical (unpaired) electrons. The maximum absolute atomic E-state index is 5.89. The molecular weight excluding hydrogens is 234 g/mol. The lowest BCUT2D eigenvalue weighted by Gasteiger charge is -2.40. The molecule has 1 saturated heterocycles. The molecule has 1 unspecified atom stereocenters. The molecule has 19 heavy (non-hydrogen) atoms. The average molecular weight is 259 g/mol. The average Bonchev–Trinajstić information content (AvgIpc) is 2.81. The van der Waals surface area contributed by atoms with Crippen LogP contribution in [0.5, 0.6) is 0 Å². The topological polar surface area (TPSA) is 32.5 Å². The second-order valence-corrected chi connectivity index (χ2v) is 6.18. The Morgan fingerprint density at radius 2 is 1.89 bits per heavy atom. The van der Waals surface area contributed by atoms with Crippen molar-refractivity contribution in [1.29, 1.82) is 0 Å². The molecule has 3 heteroatoms. The molecule has 1 aliphatic heterocycles. The molecule has 1 aromatic carbocycles. The normalized spacial score (nSPS) is 24.9. The van der Waals surface area contributed by atoms with Gasteiger partial charge in [0.1, 0.15) is 0 Å². The standard InChI is InChI=1S/C16H25N3/c1-12(2)18-7-9-19(10-8-18)16-6-3-13-11-14(17)4-5-15(13)16/h4-5,11-12,16H,3,6-10,17H2,1-2H3. The van der Waals surface area contributed by atoms with E-state index in [0.29, 0.717) is 12.1 Å². The summed E-state index contributed by atoms with van der Waals surface area (Å²) in [5.41, 5.74) is 9.78. The summed E-state index contributed by atoms with van der Waals surface area (Å²) in [6, 6.07) is 7.78. The van der Waals surface area contributed by atoms with Gasteiger partial charge < -0.3 is 5.73 Å². The third-order valence-electron chi connectivity index (χ3n) is 4.73. The van der Waals surface area contributed by atoms with Crippen LogP contribution in [0.15, 0.2) is 18.2 Å². The lowest BCUT2D eigenvalue weighted by molar-refractivity contribution is 0.0782. The number of fused-ring (bicyclic) bond motifs is 1. The Bertz CT molecular complexity index is 447. The smallest absolute Gasteiger partial charge is 0.0355 e. The van der Waals surface area contributed by atoms with Crippen LogP contribution in [0.3, 0.4) is 0 Å². The van der Waals surface area contributed by atoms with Crippen molar-refractivity contribution in [2.45, 2.75) is 38.8 Å². The van der Waals surface area contributed by atoms with Crippen molar-refractivity contribution >= 4 is 5.69 Å². The Morgan fingerprint density at radius 1 is 1.16 bits per heavy atom. The van der Waals surface area contributed by atoms with E-state index in [1.807, 2.05) is 0 Å². The first-order valence-electron chi connectivity index (χ1n) is 7.51. The number of hydrogen-bond acceptors (Lipinski definition) is 3. The van der Waals surface area contributed by atoms with E-state index >= 15 is 0 Å². The summed E-state index contributed by atoms with van der Waals surface area (Å²) >= 11 is 0. The Balaban J connectivity index is 1.70. The Kier molecular flexibility index (Phi) is 3.50. The summed E-state index contributed by atoms with van der Waals surface area (Å²) in [4.78, 5) is 5.25. The van der Waals surface area contributed by atoms with Crippen LogP contribution in [0.2, 0.25) is 0 Å². The van der Waals surface area contributed by atoms with Crippen molar-refractivity contribution in [1.82, 2.24) is 9.80 Å². The highest BCUT2D eigenvalue weighted by Gasteiger charge is 2.30. The minimum absolute atomic E-state index is 0.630. The molecule has 1 heterocycles. The molecule has 104 valence electrons. The number of nitrogen functional groups attached to an aromatic ring is 1. The van der Waals surface area contributed by atoms with Crippen molar-refractivity contribution < 1.29 is 0 Å². The van der Waals surface area contributed by atoms with Crippen LogP contribution >= 0.6 is 0 Å². The molecule has 0 spiro atoms. The number of aryl methyl sites for hydroxylation is 1. The second kappa shape index (κ2) is 5.14. The van der Waals surface area contributed by atoms with Gasteiger partial charge in [-0.3, -0.25) is 9.80 Å². The van der Waals surface area contributed by atoms with Crippen LogP contribution in [0.25, 0.3) is 0 Å². The van der Waals surface area contributed by atoms with E-state index in [1.54, 1.807) is 0 Å². The summed E-state index contributed by atoms with van der Waals surface area (Å²) in [6.07, 6.45) is 2.45. The molecule has 3 nitrogen and oxygen atoms in total. The maximum atomic E-state index is 5.89. The zero-order chi connectivity index (χ0) is 13.4. The van der Waals surface area contributed by atoms with Gasteiger partial charge >= 0.3 is 0 Å². The minimum atomic E-state index is 0.630. The van der Waals surface area contributed by atoms with E-state index in [4.69, 9.17) is 5.73 Å². The number of benzene rings is 1. The van der Waals surface area contributed by atoms with Crippen LogP contribution in [-0.4, -0.2) is 42.0 Å². The number of anilines is 1. The van der Waals surface area contributed by atoms with E-state index in [0.717, 1.165) is 5.69 Å². The predicted octanol–water partition coefficient (Wildman–Crippen LogP) is 2.28. The summed E-state index contributed by atoms with van der Waals surface area (Å²) in [5.74, 6) is 0. The zero-order valence-electron chi connectivity index (χ0n) is 12.1. The quantitative estimate of drug-likeness (QED) is 0.827. The first-order valence-corrected chi connectivity index (χ1v) is 7.51. The molecule has 2 aliphatic rings. The Labute approximate surface area is 116 Å². The molecular formula is C16H25N3. The molecule has 0 amide bonds. The van der Waals surface area contributed by atoms with Crippen LogP contribution in [-0.2, 0) is 6.42 Å². The molecule has 0 aromatic heterocycles. The van der Waals surface area contributed by atoms with Gasteiger partial charge in [-0.1, -0.05) is 6.07 Å². The van der Waals surface area contributed by atoms with E-state index in [9.17, 15) is 0 Å². The van der Waals surface area contributed by atoms with Crippen molar-refractivity contribution in [3.05, 3.63) is 29.3 Å². The van der Waals surface area contributed by atoms with Gasteiger partial charge in [-0.25, -0.2) is 0 Å². The first-order chi connectivity index (χ1) is 9.15. The second-order valence-electron chi connectivity index (χ2n) is 6.18. The zero-order valence-corrected chi connectivity index (χ0v) is 12.1. The Hall–Kier alpha value is -1.06. The fourth-order valence-electron chi connectivity index (χ4n) is 3.56. The number of piperazine rings is 1. The summed E-state index contributed by atoms with van der Waals surface area (Å²) in [5, 5.41) is 0. The van der Waals surface area contributed by atoms with Crippen molar-refractivity contribution in [3.63, 3.8) is 0 Å². The van der Waals surface area contributed by atoms with E-state index < -0.39 is 0 Å². The van der Waals surface area contributed by atoms with Gasteiger partial charge in [0.15, 0.2) is 0 Å².